The molecular weight excluding hydrogens is 341 g/mol. The summed E-state index contributed by atoms with van der Waals surface area (Å²) in [4.78, 5) is 2.54. The predicted molar refractivity (Wildman–Crippen MR) is 99.4 cm³/mol. The van der Waals surface area contributed by atoms with Crippen LogP contribution in [0.15, 0.2) is 54.6 Å². The fourth-order valence-corrected chi connectivity index (χ4v) is 4.08. The summed E-state index contributed by atoms with van der Waals surface area (Å²) in [5.41, 5.74) is 3.68. The minimum absolute atomic E-state index is 0.280. The molecule has 2 nitrogen and oxygen atoms in total. The highest BCUT2D eigenvalue weighted by molar-refractivity contribution is 6.43. The highest BCUT2D eigenvalue weighted by Gasteiger charge is 2.35. The number of fused-ring (bicyclic) bond motifs is 2. The van der Waals surface area contributed by atoms with Gasteiger partial charge in [0.2, 0.25) is 0 Å². The van der Waals surface area contributed by atoms with Crippen molar-refractivity contribution in [2.45, 2.75) is 25.0 Å². The van der Waals surface area contributed by atoms with Crippen LogP contribution in [0.4, 0.5) is 0 Å². The van der Waals surface area contributed by atoms with E-state index in [0.29, 0.717) is 16.1 Å². The van der Waals surface area contributed by atoms with Crippen molar-refractivity contribution >= 4 is 28.8 Å². The monoisotopic (exact) mass is 359 g/mol. The van der Waals surface area contributed by atoms with Gasteiger partial charge in [0.15, 0.2) is 0 Å². The first-order chi connectivity index (χ1) is 11.7. The maximum Gasteiger partial charge on any atom is 0.0667 e. The van der Waals surface area contributed by atoms with Gasteiger partial charge in [0, 0.05) is 12.6 Å². The van der Waals surface area contributed by atoms with Gasteiger partial charge in [-0.1, -0.05) is 71.7 Å². The van der Waals surface area contributed by atoms with E-state index in [2.05, 4.69) is 47.4 Å². The Morgan fingerprint density at radius 3 is 2.62 bits per heavy atom. The van der Waals surface area contributed by atoms with Crippen LogP contribution in [-0.2, 0) is 11.3 Å². The van der Waals surface area contributed by atoms with Gasteiger partial charge in [0.25, 0.3) is 0 Å². The van der Waals surface area contributed by atoms with E-state index in [1.54, 1.807) is 0 Å². The zero-order chi connectivity index (χ0) is 16.5. The molecule has 4 heteroatoms. The van der Waals surface area contributed by atoms with E-state index >= 15 is 0 Å². The first kappa shape index (κ1) is 16.2. The number of benzene rings is 2. The van der Waals surface area contributed by atoms with Gasteiger partial charge < -0.3 is 4.74 Å². The minimum Gasteiger partial charge on any atom is -0.378 e. The molecule has 2 aromatic rings. The molecule has 2 heterocycles. The number of nitrogens with zero attached hydrogens (tertiary/aromatic N) is 1. The highest BCUT2D eigenvalue weighted by atomic mass is 35.5. The third kappa shape index (κ3) is 3.12. The van der Waals surface area contributed by atoms with E-state index in [4.69, 9.17) is 27.9 Å². The van der Waals surface area contributed by atoms with E-state index in [9.17, 15) is 0 Å². The normalized spacial score (nSPS) is 23.8. The van der Waals surface area contributed by atoms with Gasteiger partial charge >= 0.3 is 0 Å². The molecule has 0 radical (unpaired) electrons. The lowest BCUT2D eigenvalue weighted by Gasteiger charge is -2.45. The minimum atomic E-state index is 0.280. The summed E-state index contributed by atoms with van der Waals surface area (Å²) in [6, 6.07) is 17.1. The molecule has 2 aliphatic rings. The first-order valence-corrected chi connectivity index (χ1v) is 9.00. The number of morpholine rings is 1. The molecule has 1 saturated heterocycles. The van der Waals surface area contributed by atoms with Crippen LogP contribution in [0.3, 0.4) is 0 Å². The van der Waals surface area contributed by atoms with Crippen molar-refractivity contribution in [1.29, 1.82) is 0 Å². The van der Waals surface area contributed by atoms with Gasteiger partial charge in [0.1, 0.15) is 0 Å². The molecule has 124 valence electrons. The Hall–Kier alpha value is -1.32. The molecular formula is C20H19Cl2NO. The van der Waals surface area contributed by atoms with Crippen molar-refractivity contribution in [3.63, 3.8) is 0 Å². The highest BCUT2D eigenvalue weighted by Crippen LogP contribution is 2.38. The Labute approximate surface area is 152 Å². The van der Waals surface area contributed by atoms with Crippen molar-refractivity contribution in [3.8, 4) is 0 Å². The second-order valence-corrected chi connectivity index (χ2v) is 7.20. The zero-order valence-electron chi connectivity index (χ0n) is 13.3. The van der Waals surface area contributed by atoms with E-state index in [0.717, 1.165) is 31.7 Å². The molecule has 0 amide bonds. The van der Waals surface area contributed by atoms with Crippen molar-refractivity contribution in [2.24, 2.45) is 0 Å². The Morgan fingerprint density at radius 1 is 1.00 bits per heavy atom. The van der Waals surface area contributed by atoms with Crippen molar-refractivity contribution in [2.75, 3.05) is 13.2 Å². The van der Waals surface area contributed by atoms with Crippen molar-refractivity contribution in [3.05, 3.63) is 75.8 Å². The summed E-state index contributed by atoms with van der Waals surface area (Å²) < 4.78 is 5.80. The fourth-order valence-electron chi connectivity index (χ4n) is 3.65. The summed E-state index contributed by atoms with van der Waals surface area (Å²) in [5.74, 6) is 0. The molecule has 2 unspecified atom stereocenters. The SMILES string of the molecule is Clc1cccc(C2=CC3COCC(C2)N3Cc2ccccc2)c1Cl. The Morgan fingerprint density at radius 2 is 1.83 bits per heavy atom. The van der Waals surface area contributed by atoms with Crippen LogP contribution in [-0.4, -0.2) is 30.2 Å². The Balaban J connectivity index is 1.64. The lowest BCUT2D eigenvalue weighted by Crippen LogP contribution is -2.53. The molecule has 2 aromatic carbocycles. The first-order valence-electron chi connectivity index (χ1n) is 8.25. The molecule has 2 bridgehead atoms. The second-order valence-electron chi connectivity index (χ2n) is 6.41. The fraction of sp³-hybridized carbons (Fsp3) is 0.300. The average Bonchev–Trinajstić information content (AvgIpc) is 2.58. The molecule has 1 fully saturated rings. The molecule has 2 atom stereocenters. The van der Waals surface area contributed by atoms with Crippen LogP contribution >= 0.6 is 23.2 Å². The maximum atomic E-state index is 6.43. The molecule has 0 aliphatic carbocycles. The van der Waals surface area contributed by atoms with Gasteiger partial charge in [-0.15, -0.1) is 0 Å². The molecule has 0 saturated carbocycles. The summed E-state index contributed by atoms with van der Waals surface area (Å²) in [7, 11) is 0. The quantitative estimate of drug-likeness (QED) is 0.760. The Bertz CT molecular complexity index is 759. The third-order valence-corrected chi connectivity index (χ3v) is 5.67. The predicted octanol–water partition coefficient (Wildman–Crippen LogP) is 5.05. The van der Waals surface area contributed by atoms with Crippen LogP contribution in [0.2, 0.25) is 10.0 Å². The summed E-state index contributed by atoms with van der Waals surface area (Å²) in [6.45, 7) is 2.44. The molecule has 2 aliphatic heterocycles. The number of hydrogen-bond donors (Lipinski definition) is 0. The third-order valence-electron chi connectivity index (χ3n) is 4.85. The van der Waals surface area contributed by atoms with E-state index < -0.39 is 0 Å². The lowest BCUT2D eigenvalue weighted by atomic mass is 9.89. The smallest absolute Gasteiger partial charge is 0.0667 e. The molecule has 0 N–H and O–H groups in total. The molecule has 0 aromatic heterocycles. The molecule has 4 rings (SSSR count). The van der Waals surface area contributed by atoms with E-state index in [1.165, 1.54) is 11.1 Å². The van der Waals surface area contributed by atoms with E-state index in [1.807, 2.05) is 12.1 Å². The lowest BCUT2D eigenvalue weighted by molar-refractivity contribution is -0.0402. The van der Waals surface area contributed by atoms with Gasteiger partial charge in [0.05, 0.1) is 29.3 Å². The van der Waals surface area contributed by atoms with E-state index in [-0.39, 0.29) is 6.04 Å². The van der Waals surface area contributed by atoms with Crippen LogP contribution in [0, 0.1) is 0 Å². The van der Waals surface area contributed by atoms with Crippen LogP contribution < -0.4 is 0 Å². The standard InChI is InChI=1S/C20H19Cl2NO/c21-19-8-4-7-18(20(19)22)15-9-16-12-24-13-17(10-15)23(16)11-14-5-2-1-3-6-14/h1-9,16-17H,10-13H2. The van der Waals surface area contributed by atoms with Crippen LogP contribution in [0.1, 0.15) is 17.5 Å². The summed E-state index contributed by atoms with van der Waals surface area (Å²) >= 11 is 12.6. The number of halogens is 2. The van der Waals surface area contributed by atoms with Crippen molar-refractivity contribution < 1.29 is 4.74 Å². The topological polar surface area (TPSA) is 12.5 Å². The summed E-state index contributed by atoms with van der Waals surface area (Å²) in [6.07, 6.45) is 3.24. The Kier molecular flexibility index (Phi) is 4.64. The number of hydrogen-bond acceptors (Lipinski definition) is 2. The largest absolute Gasteiger partial charge is 0.378 e. The number of rotatable bonds is 3. The van der Waals surface area contributed by atoms with Gasteiger partial charge in [-0.25, -0.2) is 0 Å². The van der Waals surface area contributed by atoms with Crippen molar-refractivity contribution in [1.82, 2.24) is 4.90 Å². The van der Waals surface area contributed by atoms with Gasteiger partial charge in [-0.3, -0.25) is 4.90 Å². The molecule has 24 heavy (non-hydrogen) atoms. The molecule has 0 spiro atoms. The van der Waals surface area contributed by atoms with Gasteiger partial charge in [-0.2, -0.15) is 0 Å². The average molecular weight is 360 g/mol. The maximum absolute atomic E-state index is 6.43. The van der Waals surface area contributed by atoms with Crippen LogP contribution in [0.25, 0.3) is 5.57 Å². The number of ether oxygens (including phenoxy) is 1. The van der Waals surface area contributed by atoms with Crippen LogP contribution in [0.5, 0.6) is 0 Å². The zero-order valence-corrected chi connectivity index (χ0v) is 14.8. The second kappa shape index (κ2) is 6.89. The van der Waals surface area contributed by atoms with Gasteiger partial charge in [-0.05, 0) is 29.2 Å². The summed E-state index contributed by atoms with van der Waals surface area (Å²) in [5, 5.41) is 1.27.